The zero-order valence-electron chi connectivity index (χ0n) is 16.6. The molecule has 0 saturated heterocycles. The molecule has 0 unspecified atom stereocenters. The van der Waals surface area contributed by atoms with Gasteiger partial charge in [-0.05, 0) is 36.4 Å². The Labute approximate surface area is 183 Å². The fourth-order valence-corrected chi connectivity index (χ4v) is 3.86. The maximum absolute atomic E-state index is 12.6. The van der Waals surface area contributed by atoms with Crippen LogP contribution < -0.4 is 5.43 Å². The summed E-state index contributed by atoms with van der Waals surface area (Å²) in [4.78, 5) is 20.4. The second-order valence-corrected chi connectivity index (χ2v) is 7.62. The van der Waals surface area contributed by atoms with Crippen LogP contribution >= 0.6 is 11.6 Å². The van der Waals surface area contributed by atoms with Gasteiger partial charge in [0.1, 0.15) is 5.82 Å². The van der Waals surface area contributed by atoms with Gasteiger partial charge in [-0.15, -0.1) is 0 Å². The quantitative estimate of drug-likeness (QED) is 0.308. The third-order valence-electron chi connectivity index (χ3n) is 5.17. The third kappa shape index (κ3) is 3.58. The van der Waals surface area contributed by atoms with E-state index in [4.69, 9.17) is 11.6 Å². The van der Waals surface area contributed by atoms with Gasteiger partial charge in [-0.25, -0.2) is 10.4 Å². The number of nitrogens with zero attached hydrogens (tertiary/aromatic N) is 3. The Morgan fingerprint density at radius 1 is 1.13 bits per heavy atom. The number of hydrogen-bond acceptors (Lipinski definition) is 3. The SMILES string of the molecule is Cn1cc(/C=N/NC(=O)c2ccc3nc(-c4ccccc4Cl)[nH]c3c2)c2ccccc21. The molecule has 3 aromatic carbocycles. The van der Waals surface area contributed by atoms with Crippen LogP contribution in [0.5, 0.6) is 0 Å². The summed E-state index contributed by atoms with van der Waals surface area (Å²) in [5, 5.41) is 5.84. The van der Waals surface area contributed by atoms with Gasteiger partial charge in [-0.1, -0.05) is 41.9 Å². The highest BCUT2D eigenvalue weighted by Gasteiger charge is 2.11. The molecule has 0 spiro atoms. The first-order chi connectivity index (χ1) is 15.1. The van der Waals surface area contributed by atoms with E-state index in [1.54, 1.807) is 24.4 Å². The van der Waals surface area contributed by atoms with Crippen molar-refractivity contribution in [2.75, 3.05) is 0 Å². The van der Waals surface area contributed by atoms with Crippen molar-refractivity contribution in [3.63, 3.8) is 0 Å². The average molecular weight is 428 g/mol. The van der Waals surface area contributed by atoms with Crippen LogP contribution in [0.3, 0.4) is 0 Å². The molecule has 1 amide bonds. The Morgan fingerprint density at radius 3 is 2.81 bits per heavy atom. The molecule has 0 atom stereocenters. The smallest absolute Gasteiger partial charge is 0.271 e. The number of hydrogen-bond donors (Lipinski definition) is 2. The van der Waals surface area contributed by atoms with Gasteiger partial charge in [0, 0.05) is 40.8 Å². The molecule has 7 heteroatoms. The Kier molecular flexibility index (Phi) is 4.76. The first-order valence-electron chi connectivity index (χ1n) is 9.72. The van der Waals surface area contributed by atoms with Crippen molar-refractivity contribution in [3.8, 4) is 11.4 Å². The average Bonchev–Trinajstić information content (AvgIpc) is 3.35. The van der Waals surface area contributed by atoms with Gasteiger partial charge in [-0.2, -0.15) is 5.10 Å². The number of carbonyl (C=O) groups is 1. The van der Waals surface area contributed by atoms with E-state index in [1.165, 1.54) is 0 Å². The van der Waals surface area contributed by atoms with Gasteiger partial charge < -0.3 is 9.55 Å². The van der Waals surface area contributed by atoms with Crippen molar-refractivity contribution < 1.29 is 4.79 Å². The number of H-pyrrole nitrogens is 1. The highest BCUT2D eigenvalue weighted by atomic mass is 35.5. The number of nitrogens with one attached hydrogen (secondary N) is 2. The van der Waals surface area contributed by atoms with Crippen molar-refractivity contribution >= 4 is 45.7 Å². The number of imidazole rings is 1. The molecular weight excluding hydrogens is 410 g/mol. The zero-order chi connectivity index (χ0) is 21.4. The Morgan fingerprint density at radius 2 is 1.94 bits per heavy atom. The number of amides is 1. The molecule has 0 bridgehead atoms. The summed E-state index contributed by atoms with van der Waals surface area (Å²) in [5.41, 5.74) is 7.44. The Bertz CT molecular complexity index is 1460. The number of benzene rings is 3. The van der Waals surface area contributed by atoms with Crippen LogP contribution in [-0.2, 0) is 7.05 Å². The summed E-state index contributed by atoms with van der Waals surface area (Å²) < 4.78 is 2.03. The topological polar surface area (TPSA) is 75.1 Å². The lowest BCUT2D eigenvalue weighted by Crippen LogP contribution is -2.17. The van der Waals surface area contributed by atoms with Crippen LogP contribution in [-0.4, -0.2) is 26.7 Å². The number of aromatic nitrogens is 3. The van der Waals surface area contributed by atoms with Crippen LogP contribution in [0.1, 0.15) is 15.9 Å². The van der Waals surface area contributed by atoms with Crippen molar-refractivity contribution in [1.82, 2.24) is 20.0 Å². The molecule has 0 fully saturated rings. The number of hydrazone groups is 1. The number of aryl methyl sites for hydroxylation is 1. The number of rotatable bonds is 4. The van der Waals surface area contributed by atoms with E-state index in [9.17, 15) is 4.79 Å². The minimum Gasteiger partial charge on any atom is -0.350 e. The summed E-state index contributed by atoms with van der Waals surface area (Å²) >= 11 is 6.27. The molecule has 31 heavy (non-hydrogen) atoms. The number of halogens is 1. The summed E-state index contributed by atoms with van der Waals surface area (Å²) in [6.45, 7) is 0. The van der Waals surface area contributed by atoms with Crippen molar-refractivity contribution in [2.24, 2.45) is 12.1 Å². The van der Waals surface area contributed by atoms with Crippen LogP contribution in [0.2, 0.25) is 5.02 Å². The molecule has 0 radical (unpaired) electrons. The second-order valence-electron chi connectivity index (χ2n) is 7.21. The highest BCUT2D eigenvalue weighted by Crippen LogP contribution is 2.27. The molecule has 0 saturated carbocycles. The van der Waals surface area contributed by atoms with Crippen LogP contribution in [0, 0.1) is 0 Å². The maximum atomic E-state index is 12.6. The molecule has 5 rings (SSSR count). The molecule has 152 valence electrons. The summed E-state index contributed by atoms with van der Waals surface area (Å²) in [5.74, 6) is 0.361. The van der Waals surface area contributed by atoms with Crippen molar-refractivity contribution in [3.05, 3.63) is 89.1 Å². The Hall–Kier alpha value is -3.90. The maximum Gasteiger partial charge on any atom is 0.271 e. The lowest BCUT2D eigenvalue weighted by Gasteiger charge is -1.99. The Balaban J connectivity index is 1.37. The molecular formula is C24H18ClN5O. The van der Waals surface area contributed by atoms with Gasteiger partial charge in [-0.3, -0.25) is 4.79 Å². The van der Waals surface area contributed by atoms with E-state index in [-0.39, 0.29) is 5.91 Å². The third-order valence-corrected chi connectivity index (χ3v) is 5.50. The number of carbonyl (C=O) groups excluding carboxylic acids is 1. The fraction of sp³-hybridized carbons (Fsp3) is 0.0417. The minimum absolute atomic E-state index is 0.299. The monoisotopic (exact) mass is 427 g/mol. The molecule has 0 aliphatic heterocycles. The number of para-hydroxylation sites is 1. The van der Waals surface area contributed by atoms with Gasteiger partial charge in [0.15, 0.2) is 0 Å². The van der Waals surface area contributed by atoms with Gasteiger partial charge in [0.25, 0.3) is 5.91 Å². The van der Waals surface area contributed by atoms with E-state index in [1.807, 2.05) is 66.3 Å². The molecule has 2 N–H and O–H groups in total. The molecule has 6 nitrogen and oxygen atoms in total. The van der Waals surface area contributed by atoms with E-state index in [2.05, 4.69) is 20.5 Å². The van der Waals surface area contributed by atoms with Gasteiger partial charge >= 0.3 is 0 Å². The normalized spacial score (nSPS) is 11.5. The first kappa shape index (κ1) is 19.1. The summed E-state index contributed by atoms with van der Waals surface area (Å²) in [6.07, 6.45) is 3.64. The molecule has 2 aromatic heterocycles. The predicted octanol–water partition coefficient (Wildman–Crippen LogP) is 5.14. The lowest BCUT2D eigenvalue weighted by atomic mass is 10.2. The fourth-order valence-electron chi connectivity index (χ4n) is 3.63. The molecule has 2 heterocycles. The molecule has 5 aromatic rings. The summed E-state index contributed by atoms with van der Waals surface area (Å²) in [6, 6.07) is 20.8. The van der Waals surface area contributed by atoms with E-state index in [0.717, 1.165) is 33.1 Å². The first-order valence-corrected chi connectivity index (χ1v) is 10.1. The van der Waals surface area contributed by atoms with Crippen LogP contribution in [0.15, 0.2) is 78.0 Å². The number of fused-ring (bicyclic) bond motifs is 2. The highest BCUT2D eigenvalue weighted by molar-refractivity contribution is 6.33. The largest absolute Gasteiger partial charge is 0.350 e. The van der Waals surface area contributed by atoms with E-state index < -0.39 is 0 Å². The van der Waals surface area contributed by atoms with Gasteiger partial charge in [0.05, 0.1) is 22.3 Å². The number of aromatic amines is 1. The minimum atomic E-state index is -0.299. The lowest BCUT2D eigenvalue weighted by molar-refractivity contribution is 0.0955. The van der Waals surface area contributed by atoms with Crippen LogP contribution in [0.4, 0.5) is 0 Å². The second kappa shape index (κ2) is 7.74. The van der Waals surface area contributed by atoms with Crippen LogP contribution in [0.25, 0.3) is 33.3 Å². The standard InChI is InChI=1S/C24H18ClN5O/c1-30-14-16(17-6-3-5-9-22(17)30)13-26-29-24(31)15-10-11-20-21(12-15)28-23(27-20)18-7-2-4-8-19(18)25/h2-14H,1H3,(H,27,28)(H,29,31)/b26-13+. The summed E-state index contributed by atoms with van der Waals surface area (Å²) in [7, 11) is 1.98. The van der Waals surface area contributed by atoms with E-state index >= 15 is 0 Å². The molecule has 0 aliphatic rings. The molecule has 0 aliphatic carbocycles. The zero-order valence-corrected chi connectivity index (χ0v) is 17.4. The predicted molar refractivity (Wildman–Crippen MR) is 125 cm³/mol. The van der Waals surface area contributed by atoms with E-state index in [0.29, 0.717) is 16.4 Å². The van der Waals surface area contributed by atoms with Crippen molar-refractivity contribution in [2.45, 2.75) is 0 Å². The van der Waals surface area contributed by atoms with Crippen molar-refractivity contribution in [1.29, 1.82) is 0 Å². The van der Waals surface area contributed by atoms with Gasteiger partial charge in [0.2, 0.25) is 0 Å².